The Labute approximate surface area is 132 Å². The predicted molar refractivity (Wildman–Crippen MR) is 87.3 cm³/mol. The van der Waals surface area contributed by atoms with Crippen LogP contribution in [0.25, 0.3) is 0 Å². The lowest BCUT2D eigenvalue weighted by Crippen LogP contribution is -2.47. The molecular formula is C17H28N2OS. The second-order valence-electron chi connectivity index (χ2n) is 7.47. The molecule has 1 spiro atoms. The highest BCUT2D eigenvalue weighted by Crippen LogP contribution is 2.48. The van der Waals surface area contributed by atoms with Gasteiger partial charge >= 0.3 is 0 Å². The van der Waals surface area contributed by atoms with Gasteiger partial charge in [0.05, 0.1) is 11.7 Å². The third-order valence-electron chi connectivity index (χ3n) is 6.12. The van der Waals surface area contributed by atoms with E-state index in [2.05, 4.69) is 28.9 Å². The van der Waals surface area contributed by atoms with Crippen molar-refractivity contribution in [1.29, 1.82) is 0 Å². The summed E-state index contributed by atoms with van der Waals surface area (Å²) < 4.78 is 0. The molecule has 3 atom stereocenters. The van der Waals surface area contributed by atoms with Crippen molar-refractivity contribution in [2.75, 3.05) is 5.75 Å². The zero-order valence-corrected chi connectivity index (χ0v) is 14.0. The van der Waals surface area contributed by atoms with Crippen LogP contribution < -0.4 is 5.32 Å². The summed E-state index contributed by atoms with van der Waals surface area (Å²) in [5, 5.41) is 4.56. The molecule has 1 aliphatic heterocycles. The van der Waals surface area contributed by atoms with Crippen LogP contribution in [0.5, 0.6) is 0 Å². The average Bonchev–Trinajstić information content (AvgIpc) is 2.85. The molecule has 1 N–H and O–H groups in total. The normalized spacial score (nSPS) is 38.8. The van der Waals surface area contributed by atoms with Crippen LogP contribution in [0.4, 0.5) is 0 Å². The molecule has 4 fully saturated rings. The minimum Gasteiger partial charge on any atom is -0.322 e. The molecule has 0 aromatic heterocycles. The van der Waals surface area contributed by atoms with Crippen LogP contribution in [0, 0.1) is 5.92 Å². The van der Waals surface area contributed by atoms with Crippen LogP contribution >= 0.6 is 11.8 Å². The number of carbonyl (C=O) groups is 1. The molecule has 1 saturated heterocycles. The number of nitrogens with one attached hydrogen (secondary N) is 1. The largest absolute Gasteiger partial charge is 0.322 e. The molecule has 0 radical (unpaired) electrons. The van der Waals surface area contributed by atoms with Gasteiger partial charge in [0.2, 0.25) is 5.91 Å². The first-order valence-corrected chi connectivity index (χ1v) is 10.0. The van der Waals surface area contributed by atoms with Gasteiger partial charge < -0.3 is 4.90 Å². The predicted octanol–water partition coefficient (Wildman–Crippen LogP) is 3.14. The van der Waals surface area contributed by atoms with Gasteiger partial charge in [0.1, 0.15) is 0 Å². The van der Waals surface area contributed by atoms with Crippen LogP contribution in [0.1, 0.15) is 64.7 Å². The number of nitrogens with zero attached hydrogens (tertiary/aromatic N) is 1. The molecule has 118 valence electrons. The number of amides is 1. The first-order chi connectivity index (χ1) is 10.2. The average molecular weight is 308 g/mol. The van der Waals surface area contributed by atoms with Gasteiger partial charge in [0.15, 0.2) is 0 Å². The first-order valence-electron chi connectivity index (χ1n) is 8.95. The van der Waals surface area contributed by atoms with Crippen molar-refractivity contribution < 1.29 is 4.79 Å². The van der Waals surface area contributed by atoms with Crippen molar-refractivity contribution >= 4 is 17.7 Å². The van der Waals surface area contributed by atoms with Crippen LogP contribution in [0.2, 0.25) is 0 Å². The molecule has 21 heavy (non-hydrogen) atoms. The Hall–Kier alpha value is -0.220. The Morgan fingerprint density at radius 1 is 1.24 bits per heavy atom. The van der Waals surface area contributed by atoms with Crippen molar-refractivity contribution in [2.45, 2.75) is 87.7 Å². The Bertz CT molecular complexity index is 417. The number of thioether (sulfide) groups is 1. The smallest absolute Gasteiger partial charge is 0.244 e. The van der Waals surface area contributed by atoms with E-state index >= 15 is 0 Å². The van der Waals surface area contributed by atoms with Crippen molar-refractivity contribution in [3.8, 4) is 0 Å². The fourth-order valence-corrected chi connectivity index (χ4v) is 5.97. The van der Waals surface area contributed by atoms with E-state index in [9.17, 15) is 4.79 Å². The molecule has 3 nitrogen and oxygen atoms in total. The molecule has 4 aliphatic rings. The summed E-state index contributed by atoms with van der Waals surface area (Å²) in [4.78, 5) is 15.3. The summed E-state index contributed by atoms with van der Waals surface area (Å²) in [5.74, 6) is 2.37. The summed E-state index contributed by atoms with van der Waals surface area (Å²) in [6.07, 6.45) is 11.6. The van der Waals surface area contributed by atoms with Crippen LogP contribution in [0.15, 0.2) is 0 Å². The SMILES string of the molecule is CCSC1CCC(N2C(=O)C3(CC3)NC2C2CCCC2)C1. The third-order valence-corrected chi connectivity index (χ3v) is 7.35. The fraction of sp³-hybridized carbons (Fsp3) is 0.941. The minimum absolute atomic E-state index is 0.122. The van der Waals surface area contributed by atoms with Gasteiger partial charge in [-0.3, -0.25) is 10.1 Å². The summed E-state index contributed by atoms with van der Waals surface area (Å²) >= 11 is 2.09. The fourth-order valence-electron chi connectivity index (χ4n) is 4.84. The van der Waals surface area contributed by atoms with Crippen LogP contribution in [-0.2, 0) is 4.79 Å². The summed E-state index contributed by atoms with van der Waals surface area (Å²) in [7, 11) is 0. The van der Waals surface area contributed by atoms with E-state index in [0.717, 1.165) is 18.1 Å². The zero-order valence-electron chi connectivity index (χ0n) is 13.1. The van der Waals surface area contributed by atoms with Crippen molar-refractivity contribution in [3.63, 3.8) is 0 Å². The lowest BCUT2D eigenvalue weighted by Gasteiger charge is -2.34. The highest BCUT2D eigenvalue weighted by Gasteiger charge is 2.61. The van der Waals surface area contributed by atoms with Crippen molar-refractivity contribution in [3.05, 3.63) is 0 Å². The summed E-state index contributed by atoms with van der Waals surface area (Å²) in [5.41, 5.74) is -0.122. The topological polar surface area (TPSA) is 32.3 Å². The Morgan fingerprint density at radius 3 is 2.67 bits per heavy atom. The summed E-state index contributed by atoms with van der Waals surface area (Å²) in [6.45, 7) is 2.25. The molecule has 3 unspecified atom stereocenters. The Kier molecular flexibility index (Phi) is 3.73. The molecule has 0 aromatic carbocycles. The van der Waals surface area contributed by atoms with E-state index in [-0.39, 0.29) is 5.54 Å². The zero-order chi connectivity index (χ0) is 14.4. The molecular weight excluding hydrogens is 280 g/mol. The van der Waals surface area contributed by atoms with Gasteiger partial charge in [0.25, 0.3) is 0 Å². The van der Waals surface area contributed by atoms with Gasteiger partial charge in [-0.25, -0.2) is 0 Å². The number of hydrogen-bond donors (Lipinski definition) is 1. The van der Waals surface area contributed by atoms with Crippen molar-refractivity contribution in [1.82, 2.24) is 10.2 Å². The van der Waals surface area contributed by atoms with Crippen LogP contribution in [0.3, 0.4) is 0 Å². The second kappa shape index (κ2) is 5.45. The van der Waals surface area contributed by atoms with Crippen LogP contribution in [-0.4, -0.2) is 39.6 Å². The molecule has 4 rings (SSSR count). The molecule has 3 saturated carbocycles. The van der Waals surface area contributed by atoms with E-state index < -0.39 is 0 Å². The lowest BCUT2D eigenvalue weighted by atomic mass is 10.0. The van der Waals surface area contributed by atoms with E-state index in [1.807, 2.05) is 0 Å². The van der Waals surface area contributed by atoms with Gasteiger partial charge in [-0.15, -0.1) is 0 Å². The number of rotatable bonds is 4. The quantitative estimate of drug-likeness (QED) is 0.866. The molecule has 0 aromatic rings. The molecule has 1 amide bonds. The Morgan fingerprint density at radius 2 is 2.00 bits per heavy atom. The van der Waals surface area contributed by atoms with E-state index in [1.165, 1.54) is 50.7 Å². The second-order valence-corrected chi connectivity index (χ2v) is 9.05. The molecule has 3 aliphatic carbocycles. The molecule has 0 bridgehead atoms. The van der Waals surface area contributed by atoms with Gasteiger partial charge in [-0.1, -0.05) is 19.8 Å². The van der Waals surface area contributed by atoms with Gasteiger partial charge in [0, 0.05) is 11.3 Å². The van der Waals surface area contributed by atoms with Gasteiger partial charge in [-0.2, -0.15) is 11.8 Å². The number of hydrogen-bond acceptors (Lipinski definition) is 3. The third kappa shape index (κ3) is 2.42. The minimum atomic E-state index is -0.122. The lowest BCUT2D eigenvalue weighted by molar-refractivity contribution is -0.133. The van der Waals surface area contributed by atoms with E-state index in [4.69, 9.17) is 0 Å². The Balaban J connectivity index is 1.51. The number of carbonyl (C=O) groups excluding carboxylic acids is 1. The van der Waals surface area contributed by atoms with E-state index in [1.54, 1.807) is 0 Å². The first kappa shape index (κ1) is 14.4. The highest BCUT2D eigenvalue weighted by molar-refractivity contribution is 7.99. The molecule has 4 heteroatoms. The maximum atomic E-state index is 13.0. The van der Waals surface area contributed by atoms with Gasteiger partial charge in [-0.05, 0) is 56.6 Å². The monoisotopic (exact) mass is 308 g/mol. The maximum absolute atomic E-state index is 13.0. The van der Waals surface area contributed by atoms with Crippen molar-refractivity contribution in [2.24, 2.45) is 5.92 Å². The standard InChI is InChI=1S/C17H28N2OS/c1-2-21-14-8-7-13(11-14)19-15(12-5-3-4-6-12)18-17(9-10-17)16(19)20/h12-15,18H,2-11H2,1H3. The highest BCUT2D eigenvalue weighted by atomic mass is 32.2. The maximum Gasteiger partial charge on any atom is 0.244 e. The molecule has 1 heterocycles. The van der Waals surface area contributed by atoms with E-state index in [0.29, 0.717) is 24.0 Å². The summed E-state index contributed by atoms with van der Waals surface area (Å²) in [6, 6.07) is 0.514.